The van der Waals surface area contributed by atoms with Crippen molar-refractivity contribution >= 4 is 9.84 Å². The van der Waals surface area contributed by atoms with Gasteiger partial charge in [-0.3, -0.25) is 0 Å². The molecule has 0 atom stereocenters. The Morgan fingerprint density at radius 1 is 1.12 bits per heavy atom. The van der Waals surface area contributed by atoms with Gasteiger partial charge in [0, 0.05) is 6.26 Å². The molecular formula is C12H18O3S. The Labute approximate surface area is 97.4 Å². The minimum atomic E-state index is -3.15. The van der Waals surface area contributed by atoms with Gasteiger partial charge >= 0.3 is 0 Å². The molecule has 0 bridgehead atoms. The van der Waals surface area contributed by atoms with Crippen molar-refractivity contribution in [2.24, 2.45) is 0 Å². The van der Waals surface area contributed by atoms with E-state index in [0.29, 0.717) is 4.90 Å². The van der Waals surface area contributed by atoms with Crippen molar-refractivity contribution in [3.05, 3.63) is 23.3 Å². The molecule has 1 rings (SSSR count). The predicted octanol–water partition coefficient (Wildman–Crippen LogP) is 2.22. The van der Waals surface area contributed by atoms with Crippen molar-refractivity contribution in [2.45, 2.75) is 31.6 Å². The Morgan fingerprint density at radius 2 is 1.56 bits per heavy atom. The zero-order valence-electron chi connectivity index (χ0n) is 10.2. The van der Waals surface area contributed by atoms with E-state index >= 15 is 0 Å². The molecule has 90 valence electrons. The van der Waals surface area contributed by atoms with Crippen LogP contribution < -0.4 is 4.74 Å². The largest absolute Gasteiger partial charge is 0.496 e. The summed E-state index contributed by atoms with van der Waals surface area (Å²) in [6.07, 6.45) is 2.76. The summed E-state index contributed by atoms with van der Waals surface area (Å²) in [5.74, 6) is 0.817. The number of ether oxygens (including phenoxy) is 1. The Bertz CT molecular complexity index is 450. The van der Waals surface area contributed by atoms with E-state index in [0.717, 1.165) is 29.7 Å². The normalized spacial score (nSPS) is 11.5. The van der Waals surface area contributed by atoms with Gasteiger partial charge in [-0.25, -0.2) is 8.42 Å². The Hall–Kier alpha value is -1.03. The smallest absolute Gasteiger partial charge is 0.175 e. The number of rotatable bonds is 4. The lowest BCUT2D eigenvalue weighted by Crippen LogP contribution is -2.03. The van der Waals surface area contributed by atoms with Crippen LogP contribution in [0.4, 0.5) is 0 Å². The van der Waals surface area contributed by atoms with E-state index in [9.17, 15) is 8.42 Å². The summed E-state index contributed by atoms with van der Waals surface area (Å²) < 4.78 is 28.4. The third kappa shape index (κ3) is 2.55. The van der Waals surface area contributed by atoms with Gasteiger partial charge in [-0.15, -0.1) is 0 Å². The zero-order valence-corrected chi connectivity index (χ0v) is 11.0. The van der Waals surface area contributed by atoms with E-state index in [1.54, 1.807) is 19.2 Å². The van der Waals surface area contributed by atoms with Crippen LogP contribution in [0.5, 0.6) is 5.75 Å². The second-order valence-electron chi connectivity index (χ2n) is 3.75. The number of benzene rings is 1. The standard InChI is InChI=1S/C12H18O3S/c1-5-9-7-11(16(4,13)14)8-10(6-2)12(9)15-3/h7-8H,5-6H2,1-4H3. The van der Waals surface area contributed by atoms with Crippen LogP contribution in [-0.2, 0) is 22.7 Å². The average Bonchev–Trinajstić information content (AvgIpc) is 2.25. The second-order valence-corrected chi connectivity index (χ2v) is 5.77. The molecule has 0 spiro atoms. The fourth-order valence-corrected chi connectivity index (χ4v) is 2.44. The van der Waals surface area contributed by atoms with E-state index in [1.165, 1.54) is 6.26 Å². The first-order valence-corrected chi connectivity index (χ1v) is 7.23. The molecule has 0 radical (unpaired) electrons. The van der Waals surface area contributed by atoms with E-state index < -0.39 is 9.84 Å². The van der Waals surface area contributed by atoms with Gasteiger partial charge in [0.15, 0.2) is 9.84 Å². The van der Waals surface area contributed by atoms with Crippen molar-refractivity contribution < 1.29 is 13.2 Å². The highest BCUT2D eigenvalue weighted by molar-refractivity contribution is 7.90. The Balaban J connectivity index is 3.49. The fraction of sp³-hybridized carbons (Fsp3) is 0.500. The van der Waals surface area contributed by atoms with E-state index in [2.05, 4.69) is 0 Å². The first-order chi connectivity index (χ1) is 7.43. The molecule has 0 aromatic heterocycles. The maximum atomic E-state index is 11.5. The SMILES string of the molecule is CCc1cc(S(C)(=O)=O)cc(CC)c1OC. The Morgan fingerprint density at radius 3 is 1.81 bits per heavy atom. The third-order valence-corrected chi connectivity index (χ3v) is 3.70. The molecule has 4 heteroatoms. The Kier molecular flexibility index (Phi) is 3.97. The van der Waals surface area contributed by atoms with Crippen LogP contribution in [0.1, 0.15) is 25.0 Å². The summed E-state index contributed by atoms with van der Waals surface area (Å²) in [6.45, 7) is 3.98. The number of sulfone groups is 1. The highest BCUT2D eigenvalue weighted by atomic mass is 32.2. The molecule has 0 saturated carbocycles. The quantitative estimate of drug-likeness (QED) is 0.813. The van der Waals surface area contributed by atoms with Crippen LogP contribution in [0.15, 0.2) is 17.0 Å². The van der Waals surface area contributed by atoms with Gasteiger partial charge in [-0.2, -0.15) is 0 Å². The van der Waals surface area contributed by atoms with Crippen molar-refractivity contribution in [1.29, 1.82) is 0 Å². The highest BCUT2D eigenvalue weighted by Gasteiger charge is 2.14. The summed E-state index contributed by atoms with van der Waals surface area (Å²) in [6, 6.07) is 3.40. The first-order valence-electron chi connectivity index (χ1n) is 5.33. The summed E-state index contributed by atoms with van der Waals surface area (Å²) >= 11 is 0. The van der Waals surface area contributed by atoms with Gasteiger partial charge in [0.25, 0.3) is 0 Å². The minimum absolute atomic E-state index is 0.377. The molecule has 0 N–H and O–H groups in total. The molecule has 0 amide bonds. The topological polar surface area (TPSA) is 43.4 Å². The molecule has 16 heavy (non-hydrogen) atoms. The van der Waals surface area contributed by atoms with Crippen LogP contribution in [0.3, 0.4) is 0 Å². The number of methoxy groups -OCH3 is 1. The van der Waals surface area contributed by atoms with E-state index in [-0.39, 0.29) is 0 Å². The molecule has 0 aliphatic rings. The highest BCUT2D eigenvalue weighted by Crippen LogP contribution is 2.28. The van der Waals surface area contributed by atoms with E-state index in [4.69, 9.17) is 4.74 Å². The number of hydrogen-bond donors (Lipinski definition) is 0. The van der Waals surface area contributed by atoms with Crippen LogP contribution in [-0.4, -0.2) is 21.8 Å². The molecule has 0 aliphatic carbocycles. The average molecular weight is 242 g/mol. The van der Waals surface area contributed by atoms with Crippen LogP contribution in [0.25, 0.3) is 0 Å². The molecule has 0 saturated heterocycles. The second kappa shape index (κ2) is 4.87. The van der Waals surface area contributed by atoms with Crippen molar-refractivity contribution in [2.75, 3.05) is 13.4 Å². The lowest BCUT2D eigenvalue weighted by atomic mass is 10.0. The summed E-state index contributed by atoms with van der Waals surface area (Å²) in [5.41, 5.74) is 1.89. The molecule has 0 unspecified atom stereocenters. The van der Waals surface area contributed by atoms with Crippen molar-refractivity contribution in [3.8, 4) is 5.75 Å². The summed E-state index contributed by atoms with van der Waals surface area (Å²) in [7, 11) is -1.53. The van der Waals surface area contributed by atoms with Gasteiger partial charge < -0.3 is 4.74 Å². The van der Waals surface area contributed by atoms with Gasteiger partial charge in [0.1, 0.15) is 5.75 Å². The summed E-state index contributed by atoms with van der Waals surface area (Å²) in [4.78, 5) is 0.377. The maximum Gasteiger partial charge on any atom is 0.175 e. The number of aryl methyl sites for hydroxylation is 2. The maximum absolute atomic E-state index is 11.5. The lowest BCUT2D eigenvalue weighted by Gasteiger charge is -2.13. The van der Waals surface area contributed by atoms with Crippen molar-refractivity contribution in [1.82, 2.24) is 0 Å². The predicted molar refractivity (Wildman–Crippen MR) is 64.9 cm³/mol. The number of hydrogen-bond acceptors (Lipinski definition) is 3. The van der Waals surface area contributed by atoms with Gasteiger partial charge in [0.05, 0.1) is 12.0 Å². The summed E-state index contributed by atoms with van der Waals surface area (Å²) in [5, 5.41) is 0. The van der Waals surface area contributed by atoms with Crippen LogP contribution >= 0.6 is 0 Å². The van der Waals surface area contributed by atoms with Crippen LogP contribution in [0, 0.1) is 0 Å². The van der Waals surface area contributed by atoms with Crippen molar-refractivity contribution in [3.63, 3.8) is 0 Å². The first kappa shape index (κ1) is 13.0. The molecular weight excluding hydrogens is 224 g/mol. The molecule has 3 nitrogen and oxygen atoms in total. The molecule has 1 aromatic carbocycles. The van der Waals surface area contributed by atoms with E-state index in [1.807, 2.05) is 13.8 Å². The third-order valence-electron chi connectivity index (χ3n) is 2.61. The van der Waals surface area contributed by atoms with Gasteiger partial charge in [-0.1, -0.05) is 13.8 Å². The molecule has 1 aromatic rings. The monoisotopic (exact) mass is 242 g/mol. The van der Waals surface area contributed by atoms with Gasteiger partial charge in [0.2, 0.25) is 0 Å². The fourth-order valence-electron chi connectivity index (χ4n) is 1.72. The molecule has 0 aliphatic heterocycles. The molecule has 0 heterocycles. The molecule has 0 fully saturated rings. The lowest BCUT2D eigenvalue weighted by molar-refractivity contribution is 0.405. The minimum Gasteiger partial charge on any atom is -0.496 e. The van der Waals surface area contributed by atoms with Gasteiger partial charge in [-0.05, 0) is 36.1 Å². The zero-order chi connectivity index (χ0) is 12.3. The van der Waals surface area contributed by atoms with Crippen LogP contribution in [0.2, 0.25) is 0 Å².